The number of hydrogen-bond donors (Lipinski definition) is 1. The summed E-state index contributed by atoms with van der Waals surface area (Å²) in [4.78, 5) is 13.4. The predicted octanol–water partition coefficient (Wildman–Crippen LogP) is 2.25. The van der Waals surface area contributed by atoms with E-state index in [1.54, 1.807) is 0 Å². The molecule has 1 unspecified atom stereocenters. The van der Waals surface area contributed by atoms with Crippen molar-refractivity contribution in [2.75, 3.05) is 19.6 Å². The third kappa shape index (κ3) is 2.98. The van der Waals surface area contributed by atoms with E-state index in [4.69, 9.17) is 0 Å². The van der Waals surface area contributed by atoms with E-state index in [-0.39, 0.29) is 12.0 Å². The molecule has 1 aliphatic rings. The van der Waals surface area contributed by atoms with Gasteiger partial charge in [0.2, 0.25) is 6.41 Å². The van der Waals surface area contributed by atoms with Gasteiger partial charge in [-0.05, 0) is 11.1 Å². The fraction of sp³-hybridized carbons (Fsp3) is 0.278. The van der Waals surface area contributed by atoms with E-state index in [0.717, 1.165) is 26.0 Å². The maximum Gasteiger partial charge on any atom is 0.210 e. The topological polar surface area (TPSA) is 32.3 Å². The summed E-state index contributed by atoms with van der Waals surface area (Å²) in [7, 11) is 0. The second-order valence-corrected chi connectivity index (χ2v) is 5.41. The Balaban J connectivity index is 2.01. The molecule has 3 heteroatoms. The molecule has 0 spiro atoms. The molecule has 0 bridgehead atoms. The highest BCUT2D eigenvalue weighted by atomic mass is 16.1. The smallest absolute Gasteiger partial charge is 0.210 e. The number of carbonyl (C=O) groups is 1. The van der Waals surface area contributed by atoms with Crippen molar-refractivity contribution in [2.24, 2.45) is 0 Å². The molecular formula is C18H20N2O. The van der Waals surface area contributed by atoms with Crippen LogP contribution in [0.2, 0.25) is 0 Å². The lowest BCUT2D eigenvalue weighted by Gasteiger charge is -2.39. The van der Waals surface area contributed by atoms with Gasteiger partial charge in [-0.15, -0.1) is 0 Å². The molecule has 2 aromatic carbocycles. The van der Waals surface area contributed by atoms with Crippen LogP contribution in [0.3, 0.4) is 0 Å². The van der Waals surface area contributed by atoms with E-state index in [9.17, 15) is 4.79 Å². The first kappa shape index (κ1) is 13.8. The van der Waals surface area contributed by atoms with Crippen molar-refractivity contribution >= 4 is 6.41 Å². The van der Waals surface area contributed by atoms with Crippen LogP contribution in [-0.2, 0) is 4.79 Å². The summed E-state index contributed by atoms with van der Waals surface area (Å²) in [5.41, 5.74) is 2.51. The first-order chi connectivity index (χ1) is 10.4. The van der Waals surface area contributed by atoms with E-state index >= 15 is 0 Å². The summed E-state index contributed by atoms with van der Waals surface area (Å²) in [5.74, 6) is 0.199. The number of hydrogen-bond acceptors (Lipinski definition) is 2. The molecule has 1 aliphatic heterocycles. The lowest BCUT2D eigenvalue weighted by atomic mass is 9.83. The minimum absolute atomic E-state index is 0.154. The quantitative estimate of drug-likeness (QED) is 0.871. The van der Waals surface area contributed by atoms with Gasteiger partial charge in [-0.2, -0.15) is 0 Å². The number of benzene rings is 2. The molecule has 0 aliphatic carbocycles. The average Bonchev–Trinajstić information content (AvgIpc) is 2.58. The Morgan fingerprint density at radius 1 is 1.00 bits per heavy atom. The van der Waals surface area contributed by atoms with Gasteiger partial charge < -0.3 is 10.2 Å². The zero-order valence-electron chi connectivity index (χ0n) is 12.0. The SMILES string of the molecule is O=CN1CCNCC1C(c1ccccc1)c1ccccc1. The summed E-state index contributed by atoms with van der Waals surface area (Å²) in [6, 6.07) is 21.1. The van der Waals surface area contributed by atoms with E-state index in [2.05, 4.69) is 53.8 Å². The fourth-order valence-electron chi connectivity index (χ4n) is 3.14. The van der Waals surface area contributed by atoms with Crippen LogP contribution >= 0.6 is 0 Å². The summed E-state index contributed by atoms with van der Waals surface area (Å²) in [6.45, 7) is 2.46. The Bertz CT molecular complexity index is 531. The number of nitrogens with zero attached hydrogens (tertiary/aromatic N) is 1. The van der Waals surface area contributed by atoms with E-state index < -0.39 is 0 Å². The molecule has 0 saturated carbocycles. The lowest BCUT2D eigenvalue weighted by molar-refractivity contribution is -0.121. The Labute approximate surface area is 125 Å². The molecule has 108 valence electrons. The molecule has 1 heterocycles. The normalized spacial score (nSPS) is 18.7. The molecule has 3 nitrogen and oxygen atoms in total. The van der Waals surface area contributed by atoms with Gasteiger partial charge in [-0.3, -0.25) is 4.79 Å². The first-order valence-electron chi connectivity index (χ1n) is 7.42. The molecule has 21 heavy (non-hydrogen) atoms. The highest BCUT2D eigenvalue weighted by Crippen LogP contribution is 2.31. The molecule has 0 aromatic heterocycles. The molecule has 0 radical (unpaired) electrons. The highest BCUT2D eigenvalue weighted by Gasteiger charge is 2.31. The van der Waals surface area contributed by atoms with Gasteiger partial charge in [-0.25, -0.2) is 0 Å². The molecule has 1 N–H and O–H groups in total. The maximum absolute atomic E-state index is 11.4. The van der Waals surface area contributed by atoms with Gasteiger partial charge in [0.05, 0.1) is 6.04 Å². The van der Waals surface area contributed by atoms with Gasteiger partial charge in [0.25, 0.3) is 0 Å². The zero-order chi connectivity index (χ0) is 14.5. The van der Waals surface area contributed by atoms with Crippen LogP contribution in [0.5, 0.6) is 0 Å². The van der Waals surface area contributed by atoms with Crippen LogP contribution in [0.4, 0.5) is 0 Å². The predicted molar refractivity (Wildman–Crippen MR) is 84.2 cm³/mol. The molecule has 1 amide bonds. The largest absolute Gasteiger partial charge is 0.339 e. The summed E-state index contributed by atoms with van der Waals surface area (Å²) >= 11 is 0. The Morgan fingerprint density at radius 2 is 1.57 bits per heavy atom. The van der Waals surface area contributed by atoms with Crippen LogP contribution in [-0.4, -0.2) is 37.0 Å². The molecule has 3 rings (SSSR count). The number of nitrogens with one attached hydrogen (secondary N) is 1. The summed E-state index contributed by atoms with van der Waals surface area (Å²) in [5, 5.41) is 3.42. The summed E-state index contributed by atoms with van der Waals surface area (Å²) < 4.78 is 0. The number of piperazine rings is 1. The third-order valence-electron chi connectivity index (χ3n) is 4.16. The summed E-state index contributed by atoms with van der Waals surface area (Å²) in [6.07, 6.45) is 0.990. The second kappa shape index (κ2) is 6.55. The van der Waals surface area contributed by atoms with Gasteiger partial charge >= 0.3 is 0 Å². The Morgan fingerprint density at radius 3 is 2.10 bits per heavy atom. The molecule has 1 fully saturated rings. The van der Waals surface area contributed by atoms with E-state index in [1.165, 1.54) is 11.1 Å². The first-order valence-corrected chi connectivity index (χ1v) is 7.42. The van der Waals surface area contributed by atoms with Crippen LogP contribution in [0.15, 0.2) is 60.7 Å². The minimum atomic E-state index is 0.154. The van der Waals surface area contributed by atoms with Crippen molar-refractivity contribution < 1.29 is 4.79 Å². The number of carbonyl (C=O) groups excluding carboxylic acids is 1. The average molecular weight is 280 g/mol. The monoisotopic (exact) mass is 280 g/mol. The van der Waals surface area contributed by atoms with Gasteiger partial charge in [0, 0.05) is 25.6 Å². The molecular weight excluding hydrogens is 260 g/mol. The number of rotatable bonds is 4. The van der Waals surface area contributed by atoms with E-state index in [0.29, 0.717) is 0 Å². The van der Waals surface area contributed by atoms with Crippen molar-refractivity contribution in [1.29, 1.82) is 0 Å². The van der Waals surface area contributed by atoms with Crippen LogP contribution in [0, 0.1) is 0 Å². The molecule has 2 aromatic rings. The third-order valence-corrected chi connectivity index (χ3v) is 4.16. The van der Waals surface area contributed by atoms with Gasteiger partial charge in [0.1, 0.15) is 0 Å². The van der Waals surface area contributed by atoms with Crippen molar-refractivity contribution in [3.8, 4) is 0 Å². The van der Waals surface area contributed by atoms with Crippen LogP contribution in [0.25, 0.3) is 0 Å². The van der Waals surface area contributed by atoms with Crippen molar-refractivity contribution in [3.63, 3.8) is 0 Å². The second-order valence-electron chi connectivity index (χ2n) is 5.41. The van der Waals surface area contributed by atoms with Crippen molar-refractivity contribution in [3.05, 3.63) is 71.8 Å². The minimum Gasteiger partial charge on any atom is -0.339 e. The highest BCUT2D eigenvalue weighted by molar-refractivity contribution is 5.50. The maximum atomic E-state index is 11.4. The Hall–Kier alpha value is -2.13. The fourth-order valence-corrected chi connectivity index (χ4v) is 3.14. The Kier molecular flexibility index (Phi) is 4.31. The van der Waals surface area contributed by atoms with Crippen molar-refractivity contribution in [1.82, 2.24) is 10.2 Å². The van der Waals surface area contributed by atoms with Crippen LogP contribution in [0.1, 0.15) is 17.0 Å². The van der Waals surface area contributed by atoms with Gasteiger partial charge in [0.15, 0.2) is 0 Å². The standard InChI is InChI=1S/C18H20N2O/c21-14-20-12-11-19-13-17(20)18(15-7-3-1-4-8-15)16-9-5-2-6-10-16/h1-10,14,17-19H,11-13H2. The number of amides is 1. The van der Waals surface area contributed by atoms with Crippen LogP contribution < -0.4 is 5.32 Å². The van der Waals surface area contributed by atoms with E-state index in [1.807, 2.05) is 17.0 Å². The lowest BCUT2D eigenvalue weighted by Crippen LogP contribution is -2.53. The molecule has 1 saturated heterocycles. The van der Waals surface area contributed by atoms with Crippen molar-refractivity contribution in [2.45, 2.75) is 12.0 Å². The van der Waals surface area contributed by atoms with Gasteiger partial charge in [-0.1, -0.05) is 60.7 Å². The zero-order valence-corrected chi connectivity index (χ0v) is 12.0. The molecule has 1 atom stereocenters.